The largest absolute Gasteiger partial charge is 0.348 e. The van der Waals surface area contributed by atoms with Crippen molar-refractivity contribution in [1.82, 2.24) is 0 Å². The van der Waals surface area contributed by atoms with Crippen LogP contribution in [0, 0.1) is 40.4 Å². The quantitative estimate of drug-likeness (QED) is 0.634. The zero-order valence-electron chi connectivity index (χ0n) is 18.9. The van der Waals surface area contributed by atoms with E-state index in [1.807, 2.05) is 0 Å². The van der Waals surface area contributed by atoms with E-state index in [0.717, 1.165) is 38.5 Å². The summed E-state index contributed by atoms with van der Waals surface area (Å²) in [7, 11) is 0. The zero-order valence-corrected chi connectivity index (χ0v) is 18.9. The Morgan fingerprint density at radius 2 is 1.43 bits per heavy atom. The Balaban J connectivity index is 1.29. The van der Waals surface area contributed by atoms with E-state index in [1.54, 1.807) is 0 Å². The fourth-order valence-corrected chi connectivity index (χ4v) is 9.23. The summed E-state index contributed by atoms with van der Waals surface area (Å²) in [6.07, 6.45) is 8.37. The van der Waals surface area contributed by atoms with Crippen molar-refractivity contribution in [3.63, 3.8) is 0 Å². The predicted molar refractivity (Wildman–Crippen MR) is 111 cm³/mol. The Hall–Kier alpha value is -0.490. The molecule has 0 amide bonds. The third-order valence-electron chi connectivity index (χ3n) is 10.8. The summed E-state index contributed by atoms with van der Waals surface area (Å²) in [5, 5.41) is 0. The van der Waals surface area contributed by atoms with E-state index < -0.39 is 11.6 Å². The summed E-state index contributed by atoms with van der Waals surface area (Å²) in [5.74, 6) is 1.67. The minimum atomic E-state index is -0.463. The van der Waals surface area contributed by atoms with Gasteiger partial charge >= 0.3 is 0 Å². The second-order valence-corrected chi connectivity index (χ2v) is 11.8. The smallest absolute Gasteiger partial charge is 0.169 e. The maximum atomic E-state index is 13.7. The minimum absolute atomic E-state index is 0.146. The summed E-state index contributed by atoms with van der Waals surface area (Å²) < 4.78 is 24.4. The fraction of sp³-hybridized carbons (Fsp3) is 0.960. The van der Waals surface area contributed by atoms with Gasteiger partial charge in [-0.25, -0.2) is 0 Å². The molecule has 1 spiro atoms. The summed E-state index contributed by atoms with van der Waals surface area (Å²) in [6.45, 7) is 9.88. The van der Waals surface area contributed by atoms with Crippen molar-refractivity contribution in [2.45, 2.75) is 83.7 Å². The molecule has 6 fully saturated rings. The van der Waals surface area contributed by atoms with Gasteiger partial charge in [0.1, 0.15) is 5.78 Å². The highest BCUT2D eigenvalue weighted by Gasteiger charge is 2.66. The molecule has 30 heavy (non-hydrogen) atoms. The molecule has 6 aliphatic rings. The third kappa shape index (κ3) is 2.58. The normalized spacial score (nSPS) is 51.6. The lowest BCUT2D eigenvalue weighted by atomic mass is 9.44. The maximum Gasteiger partial charge on any atom is 0.169 e. The van der Waals surface area contributed by atoms with Crippen molar-refractivity contribution in [3.05, 3.63) is 0 Å². The average molecular weight is 419 g/mol. The molecule has 0 N–H and O–H groups in total. The molecule has 6 rings (SSSR count). The number of hydrogen-bond acceptors (Lipinski definition) is 5. The molecule has 0 aromatic heterocycles. The van der Waals surface area contributed by atoms with Gasteiger partial charge in [-0.2, -0.15) is 0 Å². The number of ether oxygens (including phenoxy) is 4. The van der Waals surface area contributed by atoms with Gasteiger partial charge in [-0.05, 0) is 67.6 Å². The fourth-order valence-electron chi connectivity index (χ4n) is 9.23. The highest BCUT2D eigenvalue weighted by molar-refractivity contribution is 5.83. The standard InChI is InChI=1S/C25H38O5/c1-22-8-9-25(29-12-13-30-25)15-16(22)14-19(26)21-17-4-5-20(24(3)27-10-11-28-24)23(17,2)7-6-18(21)22/h16-18,20-21H,4-15H2,1-3H3/t16?,17?,18?,20?,21?,22-,23-/m0/s1. The van der Waals surface area contributed by atoms with E-state index >= 15 is 0 Å². The van der Waals surface area contributed by atoms with Gasteiger partial charge in [-0.1, -0.05) is 13.8 Å². The number of rotatable bonds is 1. The van der Waals surface area contributed by atoms with E-state index in [9.17, 15) is 4.79 Å². The highest BCUT2D eigenvalue weighted by atomic mass is 16.7. The molecule has 2 heterocycles. The van der Waals surface area contributed by atoms with Gasteiger partial charge in [0.25, 0.3) is 0 Å². The summed E-state index contributed by atoms with van der Waals surface area (Å²) >= 11 is 0. The average Bonchev–Trinajstić information content (AvgIpc) is 3.43. The van der Waals surface area contributed by atoms with E-state index in [2.05, 4.69) is 20.8 Å². The lowest BCUT2D eigenvalue weighted by molar-refractivity contribution is -0.235. The maximum absolute atomic E-state index is 13.7. The molecule has 0 aromatic rings. The first kappa shape index (κ1) is 20.1. The number of fused-ring (bicyclic) bond motifs is 5. The molecule has 2 saturated heterocycles. The van der Waals surface area contributed by atoms with Crippen molar-refractivity contribution in [2.24, 2.45) is 40.4 Å². The molecule has 0 aromatic carbocycles. The monoisotopic (exact) mass is 418 g/mol. The molecule has 4 saturated carbocycles. The van der Waals surface area contributed by atoms with Gasteiger partial charge in [0.2, 0.25) is 0 Å². The molecule has 7 atom stereocenters. The summed E-state index contributed by atoms with van der Waals surface area (Å²) in [5.41, 5.74) is 0.384. The number of Topliss-reactive ketones (excluding diaryl/α,β-unsaturated/α-hetero) is 1. The Bertz CT molecular complexity index is 723. The number of ketones is 1. The van der Waals surface area contributed by atoms with Gasteiger partial charge in [0, 0.05) is 31.1 Å². The van der Waals surface area contributed by atoms with Crippen LogP contribution < -0.4 is 0 Å². The third-order valence-corrected chi connectivity index (χ3v) is 10.8. The van der Waals surface area contributed by atoms with Crippen molar-refractivity contribution in [2.75, 3.05) is 26.4 Å². The van der Waals surface area contributed by atoms with Gasteiger partial charge in [-0.3, -0.25) is 4.79 Å². The van der Waals surface area contributed by atoms with Crippen LogP contribution in [0.1, 0.15) is 72.1 Å². The van der Waals surface area contributed by atoms with Crippen molar-refractivity contribution in [3.8, 4) is 0 Å². The first-order chi connectivity index (χ1) is 14.3. The SMILES string of the molecule is CC1(C2CCC3C4C(=O)CC5CC6(CC[C@]5(C)C4CC[C@@]32C)OCCO6)OCCO1. The van der Waals surface area contributed by atoms with Crippen LogP contribution in [0.4, 0.5) is 0 Å². The molecule has 2 aliphatic heterocycles. The van der Waals surface area contributed by atoms with Crippen LogP contribution in [0.3, 0.4) is 0 Å². The molecule has 0 bridgehead atoms. The van der Waals surface area contributed by atoms with Gasteiger partial charge in [0.05, 0.1) is 26.4 Å². The topological polar surface area (TPSA) is 54.0 Å². The summed E-state index contributed by atoms with van der Waals surface area (Å²) in [6, 6.07) is 0. The Labute approximate surface area is 180 Å². The number of hydrogen-bond donors (Lipinski definition) is 0. The van der Waals surface area contributed by atoms with Crippen LogP contribution in [-0.4, -0.2) is 43.8 Å². The molecule has 5 heteroatoms. The lowest BCUT2D eigenvalue weighted by Gasteiger charge is -2.61. The second-order valence-electron chi connectivity index (χ2n) is 11.8. The Morgan fingerprint density at radius 3 is 2.17 bits per heavy atom. The molecule has 168 valence electrons. The number of carbonyl (C=O) groups excluding carboxylic acids is 1. The molecule has 4 aliphatic carbocycles. The van der Waals surface area contributed by atoms with Crippen molar-refractivity contribution < 1.29 is 23.7 Å². The molecule has 0 radical (unpaired) electrons. The number of carbonyl (C=O) groups is 1. The van der Waals surface area contributed by atoms with Crippen molar-refractivity contribution in [1.29, 1.82) is 0 Å². The van der Waals surface area contributed by atoms with Crippen LogP contribution in [0.15, 0.2) is 0 Å². The molecule has 5 nitrogen and oxygen atoms in total. The second kappa shape index (κ2) is 6.52. The van der Waals surface area contributed by atoms with E-state index in [4.69, 9.17) is 18.9 Å². The summed E-state index contributed by atoms with van der Waals surface area (Å²) in [4.78, 5) is 13.7. The van der Waals surface area contributed by atoms with Crippen LogP contribution in [0.2, 0.25) is 0 Å². The van der Waals surface area contributed by atoms with Crippen LogP contribution in [-0.2, 0) is 23.7 Å². The zero-order chi connectivity index (χ0) is 20.8. The van der Waals surface area contributed by atoms with Gasteiger partial charge in [-0.15, -0.1) is 0 Å². The lowest BCUT2D eigenvalue weighted by Crippen LogP contribution is -2.59. The van der Waals surface area contributed by atoms with Crippen LogP contribution >= 0.6 is 0 Å². The van der Waals surface area contributed by atoms with E-state index in [1.165, 1.54) is 6.42 Å². The van der Waals surface area contributed by atoms with Gasteiger partial charge in [0.15, 0.2) is 11.6 Å². The first-order valence-corrected chi connectivity index (χ1v) is 12.4. The molecular weight excluding hydrogens is 380 g/mol. The molecule has 5 unspecified atom stereocenters. The van der Waals surface area contributed by atoms with Crippen molar-refractivity contribution >= 4 is 5.78 Å². The Kier molecular flexibility index (Phi) is 4.38. The highest BCUT2D eigenvalue weighted by Crippen LogP contribution is 2.69. The van der Waals surface area contributed by atoms with E-state index in [-0.39, 0.29) is 16.7 Å². The predicted octanol–water partition coefficient (Wildman–Crippen LogP) is 4.33. The van der Waals surface area contributed by atoms with Crippen LogP contribution in [0.25, 0.3) is 0 Å². The van der Waals surface area contributed by atoms with Gasteiger partial charge < -0.3 is 18.9 Å². The van der Waals surface area contributed by atoms with Crippen LogP contribution in [0.5, 0.6) is 0 Å². The molecular formula is C25H38O5. The first-order valence-electron chi connectivity index (χ1n) is 12.4. The Morgan fingerprint density at radius 1 is 0.767 bits per heavy atom. The van der Waals surface area contributed by atoms with E-state index in [0.29, 0.717) is 62.3 Å². The minimum Gasteiger partial charge on any atom is -0.348 e.